The molecule has 1 aromatic carbocycles. The zero-order valence-electron chi connectivity index (χ0n) is 8.62. The standard InChI is InChI=1S/C12H17NO/c1-10-4-2-3-5-12(10)13-11-6-8-14-9-7-11/h2-5,11,13H,6-9H2,1H3. The van der Waals surface area contributed by atoms with Crippen LogP contribution in [-0.4, -0.2) is 19.3 Å². The van der Waals surface area contributed by atoms with E-state index in [4.69, 9.17) is 4.74 Å². The molecule has 14 heavy (non-hydrogen) atoms. The molecule has 0 bridgehead atoms. The maximum atomic E-state index is 5.33. The van der Waals surface area contributed by atoms with Crippen molar-refractivity contribution in [1.29, 1.82) is 0 Å². The van der Waals surface area contributed by atoms with Crippen LogP contribution in [0.1, 0.15) is 18.4 Å². The molecule has 0 saturated carbocycles. The smallest absolute Gasteiger partial charge is 0.0485 e. The highest BCUT2D eigenvalue weighted by atomic mass is 16.5. The highest BCUT2D eigenvalue weighted by molar-refractivity contribution is 5.50. The third kappa shape index (κ3) is 2.26. The Kier molecular flexibility index (Phi) is 3.04. The predicted octanol–water partition coefficient (Wildman–Crippen LogP) is 2.59. The molecule has 2 nitrogen and oxygen atoms in total. The number of benzene rings is 1. The predicted molar refractivity (Wildman–Crippen MR) is 58.6 cm³/mol. The lowest BCUT2D eigenvalue weighted by Crippen LogP contribution is -2.28. The zero-order chi connectivity index (χ0) is 9.80. The first-order valence-electron chi connectivity index (χ1n) is 5.26. The van der Waals surface area contributed by atoms with Gasteiger partial charge in [-0.2, -0.15) is 0 Å². The van der Waals surface area contributed by atoms with Gasteiger partial charge in [0.15, 0.2) is 0 Å². The van der Waals surface area contributed by atoms with Gasteiger partial charge in [-0.3, -0.25) is 0 Å². The Balaban J connectivity index is 1.99. The van der Waals surface area contributed by atoms with Crippen LogP contribution in [0.2, 0.25) is 0 Å². The van der Waals surface area contributed by atoms with Crippen LogP contribution in [0.15, 0.2) is 24.3 Å². The van der Waals surface area contributed by atoms with Crippen LogP contribution in [0.5, 0.6) is 0 Å². The van der Waals surface area contributed by atoms with Gasteiger partial charge in [0.1, 0.15) is 0 Å². The zero-order valence-corrected chi connectivity index (χ0v) is 8.62. The van der Waals surface area contributed by atoms with Gasteiger partial charge in [-0.15, -0.1) is 0 Å². The number of para-hydroxylation sites is 1. The summed E-state index contributed by atoms with van der Waals surface area (Å²) in [5, 5.41) is 3.57. The van der Waals surface area contributed by atoms with Crippen molar-refractivity contribution in [2.24, 2.45) is 0 Å². The molecule has 0 aliphatic carbocycles. The summed E-state index contributed by atoms with van der Waals surface area (Å²) in [7, 11) is 0. The van der Waals surface area contributed by atoms with E-state index in [1.165, 1.54) is 11.3 Å². The summed E-state index contributed by atoms with van der Waals surface area (Å²) in [6.07, 6.45) is 2.24. The van der Waals surface area contributed by atoms with Gasteiger partial charge in [-0.25, -0.2) is 0 Å². The minimum atomic E-state index is 0.588. The molecule has 2 rings (SSSR count). The van der Waals surface area contributed by atoms with Crippen molar-refractivity contribution in [3.8, 4) is 0 Å². The second-order valence-electron chi connectivity index (χ2n) is 3.85. The molecule has 1 N–H and O–H groups in total. The minimum Gasteiger partial charge on any atom is -0.382 e. The monoisotopic (exact) mass is 191 g/mol. The number of rotatable bonds is 2. The molecule has 2 heteroatoms. The second-order valence-corrected chi connectivity index (χ2v) is 3.85. The largest absolute Gasteiger partial charge is 0.382 e. The van der Waals surface area contributed by atoms with E-state index < -0.39 is 0 Å². The molecule has 1 aliphatic heterocycles. The van der Waals surface area contributed by atoms with E-state index in [-0.39, 0.29) is 0 Å². The number of anilines is 1. The molecule has 0 atom stereocenters. The Morgan fingerprint density at radius 3 is 2.64 bits per heavy atom. The van der Waals surface area contributed by atoms with Crippen molar-refractivity contribution in [3.63, 3.8) is 0 Å². The highest BCUT2D eigenvalue weighted by Gasteiger charge is 2.13. The fourth-order valence-corrected chi connectivity index (χ4v) is 1.80. The van der Waals surface area contributed by atoms with Crippen LogP contribution in [-0.2, 0) is 4.74 Å². The fraction of sp³-hybridized carbons (Fsp3) is 0.500. The highest BCUT2D eigenvalue weighted by Crippen LogP contribution is 2.18. The van der Waals surface area contributed by atoms with E-state index in [0.717, 1.165) is 26.1 Å². The Morgan fingerprint density at radius 1 is 1.21 bits per heavy atom. The SMILES string of the molecule is Cc1ccccc1NC1CCOCC1. The van der Waals surface area contributed by atoms with Gasteiger partial charge in [0.25, 0.3) is 0 Å². The molecule has 1 aromatic rings. The number of ether oxygens (including phenoxy) is 1. The number of hydrogen-bond donors (Lipinski definition) is 1. The topological polar surface area (TPSA) is 21.3 Å². The number of hydrogen-bond acceptors (Lipinski definition) is 2. The van der Waals surface area contributed by atoms with Crippen molar-refractivity contribution < 1.29 is 4.74 Å². The summed E-state index contributed by atoms with van der Waals surface area (Å²) in [5.74, 6) is 0. The summed E-state index contributed by atoms with van der Waals surface area (Å²) in [5.41, 5.74) is 2.58. The normalized spacial score (nSPS) is 18.1. The van der Waals surface area contributed by atoms with Gasteiger partial charge >= 0.3 is 0 Å². The molecule has 1 saturated heterocycles. The number of nitrogens with one attached hydrogen (secondary N) is 1. The fourth-order valence-electron chi connectivity index (χ4n) is 1.80. The maximum Gasteiger partial charge on any atom is 0.0485 e. The quantitative estimate of drug-likeness (QED) is 0.775. The first-order valence-corrected chi connectivity index (χ1v) is 5.26. The van der Waals surface area contributed by atoms with E-state index in [1.807, 2.05) is 0 Å². The van der Waals surface area contributed by atoms with E-state index in [0.29, 0.717) is 6.04 Å². The van der Waals surface area contributed by atoms with Crippen LogP contribution >= 0.6 is 0 Å². The van der Waals surface area contributed by atoms with Gasteiger partial charge in [-0.05, 0) is 31.4 Å². The van der Waals surface area contributed by atoms with Gasteiger partial charge in [0, 0.05) is 24.9 Å². The third-order valence-electron chi connectivity index (χ3n) is 2.73. The molecule has 0 radical (unpaired) electrons. The van der Waals surface area contributed by atoms with E-state index in [9.17, 15) is 0 Å². The van der Waals surface area contributed by atoms with Gasteiger partial charge in [0.2, 0.25) is 0 Å². The summed E-state index contributed by atoms with van der Waals surface area (Å²) in [6, 6.07) is 9.02. The van der Waals surface area contributed by atoms with Crippen LogP contribution < -0.4 is 5.32 Å². The Morgan fingerprint density at radius 2 is 1.93 bits per heavy atom. The lowest BCUT2D eigenvalue weighted by Gasteiger charge is -2.24. The first-order chi connectivity index (χ1) is 6.86. The van der Waals surface area contributed by atoms with Crippen LogP contribution in [0.4, 0.5) is 5.69 Å². The summed E-state index contributed by atoms with van der Waals surface area (Å²) < 4.78 is 5.33. The molecule has 76 valence electrons. The van der Waals surface area contributed by atoms with E-state index in [2.05, 4.69) is 36.5 Å². The van der Waals surface area contributed by atoms with Crippen LogP contribution in [0.3, 0.4) is 0 Å². The lowest BCUT2D eigenvalue weighted by molar-refractivity contribution is 0.0904. The summed E-state index contributed by atoms with van der Waals surface area (Å²) in [6.45, 7) is 3.93. The molecule has 1 fully saturated rings. The Bertz CT molecular complexity index is 292. The molecule has 0 unspecified atom stereocenters. The molecule has 0 amide bonds. The lowest BCUT2D eigenvalue weighted by atomic mass is 10.1. The molecule has 1 aliphatic rings. The van der Waals surface area contributed by atoms with Crippen LogP contribution in [0, 0.1) is 6.92 Å². The van der Waals surface area contributed by atoms with Gasteiger partial charge < -0.3 is 10.1 Å². The molecular weight excluding hydrogens is 174 g/mol. The molecule has 0 aromatic heterocycles. The Hall–Kier alpha value is -1.02. The van der Waals surface area contributed by atoms with Crippen LogP contribution in [0.25, 0.3) is 0 Å². The molecule has 0 spiro atoms. The maximum absolute atomic E-state index is 5.33. The second kappa shape index (κ2) is 4.47. The Labute approximate surface area is 85.3 Å². The van der Waals surface area contributed by atoms with Crippen molar-refractivity contribution in [3.05, 3.63) is 29.8 Å². The summed E-state index contributed by atoms with van der Waals surface area (Å²) in [4.78, 5) is 0. The molecule has 1 heterocycles. The first kappa shape index (κ1) is 9.53. The van der Waals surface area contributed by atoms with Gasteiger partial charge in [-0.1, -0.05) is 18.2 Å². The average molecular weight is 191 g/mol. The average Bonchev–Trinajstić information content (AvgIpc) is 2.23. The van der Waals surface area contributed by atoms with E-state index in [1.54, 1.807) is 0 Å². The van der Waals surface area contributed by atoms with Crippen molar-refractivity contribution in [2.75, 3.05) is 18.5 Å². The van der Waals surface area contributed by atoms with Crippen molar-refractivity contribution >= 4 is 5.69 Å². The third-order valence-corrected chi connectivity index (χ3v) is 2.73. The van der Waals surface area contributed by atoms with Crippen molar-refractivity contribution in [2.45, 2.75) is 25.8 Å². The van der Waals surface area contributed by atoms with Gasteiger partial charge in [0.05, 0.1) is 0 Å². The number of aryl methyl sites for hydroxylation is 1. The minimum absolute atomic E-state index is 0.588. The molecular formula is C12H17NO. The van der Waals surface area contributed by atoms with E-state index >= 15 is 0 Å². The summed E-state index contributed by atoms with van der Waals surface area (Å²) >= 11 is 0. The van der Waals surface area contributed by atoms with Crippen molar-refractivity contribution in [1.82, 2.24) is 0 Å².